The molecule has 1 aliphatic rings. The van der Waals surface area contributed by atoms with Crippen LogP contribution in [0.5, 0.6) is 0 Å². The molecule has 0 saturated carbocycles. The number of carbonyl (C=O) groups excluding carboxylic acids is 2. The lowest BCUT2D eigenvalue weighted by Crippen LogP contribution is -2.22. The number of likely N-dealkylation sites (N-methyl/N-ethyl adjacent to an activating group) is 1. The molecular formula is C13H11NO3S2. The Balaban J connectivity index is 2.23. The van der Waals surface area contributed by atoms with Crippen LogP contribution in [0.3, 0.4) is 0 Å². The molecule has 0 N–H and O–H groups in total. The number of methoxy groups -OCH3 is 1. The molecule has 1 heterocycles. The molecule has 19 heavy (non-hydrogen) atoms. The van der Waals surface area contributed by atoms with Gasteiger partial charge in [-0.2, -0.15) is 0 Å². The van der Waals surface area contributed by atoms with E-state index in [1.54, 1.807) is 37.4 Å². The van der Waals surface area contributed by atoms with Crippen molar-refractivity contribution in [1.82, 2.24) is 4.90 Å². The average molecular weight is 293 g/mol. The molecule has 0 radical (unpaired) electrons. The molecule has 1 aromatic carbocycles. The molecule has 1 fully saturated rings. The minimum atomic E-state index is -0.383. The van der Waals surface area contributed by atoms with E-state index in [1.807, 2.05) is 0 Å². The summed E-state index contributed by atoms with van der Waals surface area (Å²) >= 11 is 6.32. The predicted molar refractivity (Wildman–Crippen MR) is 78.7 cm³/mol. The van der Waals surface area contributed by atoms with Crippen LogP contribution >= 0.6 is 24.0 Å². The van der Waals surface area contributed by atoms with Crippen LogP contribution in [0.2, 0.25) is 0 Å². The van der Waals surface area contributed by atoms with Crippen molar-refractivity contribution >= 4 is 46.3 Å². The van der Waals surface area contributed by atoms with E-state index >= 15 is 0 Å². The Hall–Kier alpha value is -1.66. The highest BCUT2D eigenvalue weighted by Gasteiger charge is 2.28. The number of rotatable bonds is 2. The molecule has 0 aliphatic carbocycles. The monoisotopic (exact) mass is 293 g/mol. The number of thiocarbonyl (C=S) groups is 1. The minimum Gasteiger partial charge on any atom is -0.465 e. The van der Waals surface area contributed by atoms with Crippen molar-refractivity contribution < 1.29 is 14.3 Å². The number of nitrogens with zero attached hydrogens (tertiary/aromatic N) is 1. The van der Waals surface area contributed by atoms with E-state index < -0.39 is 0 Å². The van der Waals surface area contributed by atoms with Crippen LogP contribution in [0.1, 0.15) is 15.9 Å². The zero-order valence-corrected chi connectivity index (χ0v) is 12.0. The smallest absolute Gasteiger partial charge is 0.337 e. The first kappa shape index (κ1) is 13.8. The average Bonchev–Trinajstić information content (AvgIpc) is 2.66. The van der Waals surface area contributed by atoms with Crippen molar-refractivity contribution in [3.63, 3.8) is 0 Å². The number of thioether (sulfide) groups is 1. The summed E-state index contributed by atoms with van der Waals surface area (Å²) in [6.45, 7) is 0. The molecule has 1 saturated heterocycles. The van der Waals surface area contributed by atoms with Crippen LogP contribution in [0.15, 0.2) is 29.2 Å². The summed E-state index contributed by atoms with van der Waals surface area (Å²) in [5.41, 5.74) is 1.31. The molecule has 2 rings (SSSR count). The molecule has 0 bridgehead atoms. The summed E-state index contributed by atoms with van der Waals surface area (Å²) in [7, 11) is 2.99. The zero-order chi connectivity index (χ0) is 14.0. The second-order valence-corrected chi connectivity index (χ2v) is 5.53. The molecule has 0 atom stereocenters. The summed E-state index contributed by atoms with van der Waals surface area (Å²) in [4.78, 5) is 25.1. The van der Waals surface area contributed by atoms with Gasteiger partial charge in [0.25, 0.3) is 5.91 Å². The summed E-state index contributed by atoms with van der Waals surface area (Å²) < 4.78 is 5.16. The first-order valence-electron chi connectivity index (χ1n) is 5.43. The van der Waals surface area contributed by atoms with Crippen LogP contribution in [0.25, 0.3) is 6.08 Å². The lowest BCUT2D eigenvalue weighted by Gasteiger charge is -2.03. The normalized spacial score (nSPS) is 17.2. The first-order valence-corrected chi connectivity index (χ1v) is 6.65. The Morgan fingerprint density at radius 3 is 2.47 bits per heavy atom. The van der Waals surface area contributed by atoms with Gasteiger partial charge in [0.1, 0.15) is 4.32 Å². The SMILES string of the molecule is COC(=O)c1ccc(/C=C2\SC(=S)N(C)C2=O)cc1. The number of esters is 1. The largest absolute Gasteiger partial charge is 0.465 e. The highest BCUT2D eigenvalue weighted by atomic mass is 32.2. The van der Waals surface area contributed by atoms with Gasteiger partial charge < -0.3 is 4.74 Å². The molecule has 0 unspecified atom stereocenters. The zero-order valence-electron chi connectivity index (χ0n) is 10.4. The maximum atomic E-state index is 11.8. The second kappa shape index (κ2) is 5.54. The third kappa shape index (κ3) is 2.85. The quantitative estimate of drug-likeness (QED) is 0.476. The summed E-state index contributed by atoms with van der Waals surface area (Å²) in [6.07, 6.45) is 1.75. The number of hydrogen-bond acceptors (Lipinski definition) is 5. The Morgan fingerprint density at radius 2 is 2.00 bits per heavy atom. The molecule has 98 valence electrons. The predicted octanol–water partition coefficient (Wildman–Crippen LogP) is 2.30. The topological polar surface area (TPSA) is 46.6 Å². The van der Waals surface area contributed by atoms with E-state index in [0.29, 0.717) is 14.8 Å². The molecule has 1 aromatic rings. The summed E-state index contributed by atoms with van der Waals surface area (Å²) in [5, 5.41) is 0. The van der Waals surface area contributed by atoms with Gasteiger partial charge in [-0.25, -0.2) is 4.79 Å². The van der Waals surface area contributed by atoms with Gasteiger partial charge in [-0.3, -0.25) is 9.69 Å². The Morgan fingerprint density at radius 1 is 1.37 bits per heavy atom. The molecular weight excluding hydrogens is 282 g/mol. The highest BCUT2D eigenvalue weighted by molar-refractivity contribution is 8.26. The Bertz CT molecular complexity index is 578. The van der Waals surface area contributed by atoms with Crippen molar-refractivity contribution in [3.05, 3.63) is 40.3 Å². The van der Waals surface area contributed by atoms with Crippen molar-refractivity contribution in [3.8, 4) is 0 Å². The number of carbonyl (C=O) groups is 2. The fourth-order valence-electron chi connectivity index (χ4n) is 1.53. The van der Waals surface area contributed by atoms with Crippen LogP contribution in [-0.2, 0) is 9.53 Å². The van der Waals surface area contributed by atoms with Gasteiger partial charge in [0.15, 0.2) is 0 Å². The standard InChI is InChI=1S/C13H11NO3S2/c1-14-11(15)10(19-13(14)18)7-8-3-5-9(6-4-8)12(16)17-2/h3-7H,1-2H3/b10-7-. The molecule has 0 aromatic heterocycles. The van der Waals surface area contributed by atoms with E-state index in [9.17, 15) is 9.59 Å². The first-order chi connectivity index (χ1) is 9.02. The molecule has 1 aliphatic heterocycles. The maximum absolute atomic E-state index is 11.8. The lowest BCUT2D eigenvalue weighted by atomic mass is 10.1. The van der Waals surface area contributed by atoms with Crippen molar-refractivity contribution in [1.29, 1.82) is 0 Å². The van der Waals surface area contributed by atoms with Gasteiger partial charge in [-0.05, 0) is 23.8 Å². The van der Waals surface area contributed by atoms with Crippen molar-refractivity contribution in [2.45, 2.75) is 0 Å². The van der Waals surface area contributed by atoms with E-state index in [2.05, 4.69) is 4.74 Å². The van der Waals surface area contributed by atoms with Crippen LogP contribution in [0, 0.1) is 0 Å². The van der Waals surface area contributed by atoms with E-state index in [1.165, 1.54) is 23.8 Å². The van der Waals surface area contributed by atoms with Gasteiger partial charge in [0.2, 0.25) is 0 Å². The Kier molecular flexibility index (Phi) is 4.01. The minimum absolute atomic E-state index is 0.105. The molecule has 1 amide bonds. The van der Waals surface area contributed by atoms with Crippen LogP contribution in [-0.4, -0.2) is 35.3 Å². The molecule has 0 spiro atoms. The Labute approximate surface area is 120 Å². The van der Waals surface area contributed by atoms with Crippen molar-refractivity contribution in [2.24, 2.45) is 0 Å². The number of amides is 1. The van der Waals surface area contributed by atoms with Crippen LogP contribution < -0.4 is 0 Å². The second-order valence-electron chi connectivity index (χ2n) is 3.85. The van der Waals surface area contributed by atoms with Gasteiger partial charge >= 0.3 is 5.97 Å². The van der Waals surface area contributed by atoms with Gasteiger partial charge in [-0.1, -0.05) is 36.1 Å². The number of hydrogen-bond donors (Lipinski definition) is 0. The van der Waals surface area contributed by atoms with Crippen LogP contribution in [0.4, 0.5) is 0 Å². The summed E-state index contributed by atoms with van der Waals surface area (Å²) in [5.74, 6) is -0.488. The highest BCUT2D eigenvalue weighted by Crippen LogP contribution is 2.31. The van der Waals surface area contributed by atoms with E-state index in [-0.39, 0.29) is 11.9 Å². The third-order valence-corrected chi connectivity index (χ3v) is 4.10. The van der Waals surface area contributed by atoms with E-state index in [4.69, 9.17) is 12.2 Å². The fourth-order valence-corrected chi connectivity index (χ4v) is 2.71. The number of ether oxygens (including phenoxy) is 1. The van der Waals surface area contributed by atoms with Gasteiger partial charge in [-0.15, -0.1) is 0 Å². The summed E-state index contributed by atoms with van der Waals surface area (Å²) in [6, 6.07) is 6.83. The van der Waals surface area contributed by atoms with E-state index in [0.717, 1.165) is 5.56 Å². The molecule has 4 nitrogen and oxygen atoms in total. The van der Waals surface area contributed by atoms with Gasteiger partial charge in [0.05, 0.1) is 17.6 Å². The van der Waals surface area contributed by atoms with Gasteiger partial charge in [0, 0.05) is 7.05 Å². The maximum Gasteiger partial charge on any atom is 0.337 e. The van der Waals surface area contributed by atoms with Crippen molar-refractivity contribution in [2.75, 3.05) is 14.2 Å². The lowest BCUT2D eigenvalue weighted by molar-refractivity contribution is -0.121. The number of benzene rings is 1. The molecule has 6 heteroatoms. The fraction of sp³-hybridized carbons (Fsp3) is 0.154. The third-order valence-electron chi connectivity index (χ3n) is 2.62.